The Balaban J connectivity index is 1.18. The second kappa shape index (κ2) is 11.2. The number of imidazole rings is 2. The summed E-state index contributed by atoms with van der Waals surface area (Å²) in [5.74, 6) is 1.35. The van der Waals surface area contributed by atoms with E-state index in [1.807, 2.05) is 42.5 Å². The van der Waals surface area contributed by atoms with Crippen LogP contribution in [0.15, 0.2) is 176 Å². The summed E-state index contributed by atoms with van der Waals surface area (Å²) in [6.07, 6.45) is 0. The Hall–Kier alpha value is -7.11. The molecule has 0 atom stereocenters. The summed E-state index contributed by atoms with van der Waals surface area (Å²) in [6, 6.07) is 62.0. The largest absolute Gasteiger partial charge is 0.276 e. The molecule has 8 aromatic carbocycles. The molecule has 3 aromatic heterocycles. The second-order valence-electron chi connectivity index (χ2n) is 13.3. The van der Waals surface area contributed by atoms with Crippen LogP contribution in [0.1, 0.15) is 0 Å². The highest BCUT2D eigenvalue weighted by Gasteiger charge is 2.21. The van der Waals surface area contributed by atoms with Gasteiger partial charge >= 0.3 is 0 Å². The third-order valence-corrected chi connectivity index (χ3v) is 10.3. The highest BCUT2D eigenvalue weighted by Crippen LogP contribution is 2.38. The van der Waals surface area contributed by atoms with Crippen LogP contribution in [0.2, 0.25) is 0 Å². The molecular weight excluding hydrogens is 635 g/mol. The molecule has 5 nitrogen and oxygen atoms in total. The fraction of sp³-hybridized carbons (Fsp3) is 0. The van der Waals surface area contributed by atoms with E-state index in [1.54, 1.807) is 0 Å². The molecule has 5 heteroatoms. The maximum atomic E-state index is 5.21. The van der Waals surface area contributed by atoms with Gasteiger partial charge in [-0.25, -0.2) is 19.5 Å². The Morgan fingerprint density at radius 1 is 0.327 bits per heavy atom. The zero-order valence-electron chi connectivity index (χ0n) is 28.0. The topological polar surface area (TPSA) is 48.0 Å². The molecule has 0 amide bonds. The molecule has 0 N–H and O–H groups in total. The molecule has 0 saturated heterocycles. The number of benzene rings is 8. The molecule has 0 spiro atoms. The fourth-order valence-electron chi connectivity index (χ4n) is 7.91. The Kier molecular flexibility index (Phi) is 6.18. The van der Waals surface area contributed by atoms with Gasteiger partial charge in [-0.3, -0.25) is 4.40 Å². The van der Waals surface area contributed by atoms with Gasteiger partial charge < -0.3 is 0 Å². The summed E-state index contributed by atoms with van der Waals surface area (Å²) in [5.41, 5.74) is 10.0. The predicted octanol–water partition coefficient (Wildman–Crippen LogP) is 11.7. The van der Waals surface area contributed by atoms with Crippen LogP contribution in [0.25, 0.3) is 99.8 Å². The molecule has 0 aliphatic carbocycles. The van der Waals surface area contributed by atoms with Crippen molar-refractivity contribution in [3.05, 3.63) is 176 Å². The molecular formula is C47H29N5. The van der Waals surface area contributed by atoms with Gasteiger partial charge in [0.05, 0.1) is 33.5 Å². The van der Waals surface area contributed by atoms with Crippen molar-refractivity contribution in [3.63, 3.8) is 0 Å². The molecule has 0 saturated carbocycles. The Morgan fingerprint density at radius 2 is 0.846 bits per heavy atom. The van der Waals surface area contributed by atoms with Gasteiger partial charge in [-0.05, 0) is 79.8 Å². The average Bonchev–Trinajstić information content (AvgIpc) is 3.75. The first-order valence-electron chi connectivity index (χ1n) is 17.5. The normalized spacial score (nSPS) is 11.8. The second-order valence-corrected chi connectivity index (χ2v) is 13.3. The molecule has 0 radical (unpaired) electrons. The lowest BCUT2D eigenvalue weighted by Crippen LogP contribution is -2.04. The molecule has 0 bridgehead atoms. The van der Waals surface area contributed by atoms with E-state index in [1.165, 1.54) is 32.3 Å². The number of para-hydroxylation sites is 2. The van der Waals surface area contributed by atoms with Crippen LogP contribution in [0.3, 0.4) is 0 Å². The van der Waals surface area contributed by atoms with Crippen molar-refractivity contribution in [2.45, 2.75) is 0 Å². The van der Waals surface area contributed by atoms with E-state index >= 15 is 0 Å². The summed E-state index contributed by atoms with van der Waals surface area (Å²) >= 11 is 0. The molecule has 11 aromatic rings. The van der Waals surface area contributed by atoms with Crippen LogP contribution in [-0.4, -0.2) is 23.9 Å². The van der Waals surface area contributed by atoms with Gasteiger partial charge in [-0.1, -0.05) is 140 Å². The van der Waals surface area contributed by atoms with Gasteiger partial charge in [-0.2, -0.15) is 0 Å². The number of hydrogen-bond acceptors (Lipinski definition) is 3. The zero-order valence-corrected chi connectivity index (χ0v) is 28.0. The Labute approximate surface area is 298 Å². The van der Waals surface area contributed by atoms with Crippen molar-refractivity contribution in [1.29, 1.82) is 0 Å². The van der Waals surface area contributed by atoms with Gasteiger partial charge in [0.1, 0.15) is 0 Å². The Morgan fingerprint density at radius 3 is 1.50 bits per heavy atom. The monoisotopic (exact) mass is 663 g/mol. The summed E-state index contributed by atoms with van der Waals surface area (Å²) in [7, 11) is 0. The van der Waals surface area contributed by atoms with E-state index in [0.717, 1.165) is 61.5 Å². The molecule has 0 fully saturated rings. The SMILES string of the molecule is c1ccc(-c2cc(-c3ccccc3)nc(-n3c4ccc(-c5ccc6c7ccccc7c7ccccc7c6c5)cc4n4c5ccccc5nc34)n2)cc1. The molecule has 52 heavy (non-hydrogen) atoms. The Bertz CT molecular complexity index is 3080. The van der Waals surface area contributed by atoms with E-state index in [9.17, 15) is 0 Å². The van der Waals surface area contributed by atoms with Crippen LogP contribution in [0.4, 0.5) is 0 Å². The fourth-order valence-corrected chi connectivity index (χ4v) is 7.91. The summed E-state index contributed by atoms with van der Waals surface area (Å²) in [6.45, 7) is 0. The molecule has 0 unspecified atom stereocenters. The molecule has 0 aliphatic heterocycles. The zero-order chi connectivity index (χ0) is 34.2. The van der Waals surface area contributed by atoms with Crippen LogP contribution in [0.5, 0.6) is 0 Å². The third kappa shape index (κ3) is 4.33. The minimum Gasteiger partial charge on any atom is -0.276 e. The lowest BCUT2D eigenvalue weighted by molar-refractivity contribution is 0.972. The van der Waals surface area contributed by atoms with Crippen molar-refractivity contribution < 1.29 is 0 Å². The van der Waals surface area contributed by atoms with E-state index in [2.05, 4.69) is 142 Å². The van der Waals surface area contributed by atoms with Gasteiger partial charge in [0.2, 0.25) is 11.7 Å². The van der Waals surface area contributed by atoms with Crippen molar-refractivity contribution in [2.24, 2.45) is 0 Å². The summed E-state index contributed by atoms with van der Waals surface area (Å²) in [4.78, 5) is 15.6. The average molecular weight is 664 g/mol. The highest BCUT2D eigenvalue weighted by atomic mass is 15.3. The van der Waals surface area contributed by atoms with Crippen LogP contribution >= 0.6 is 0 Å². The van der Waals surface area contributed by atoms with Crippen molar-refractivity contribution in [2.75, 3.05) is 0 Å². The maximum Gasteiger partial charge on any atom is 0.238 e. The van der Waals surface area contributed by atoms with Crippen LogP contribution in [-0.2, 0) is 0 Å². The molecule has 0 aliphatic rings. The lowest BCUT2D eigenvalue weighted by atomic mass is 9.92. The van der Waals surface area contributed by atoms with E-state index < -0.39 is 0 Å². The van der Waals surface area contributed by atoms with Gasteiger partial charge in [0.25, 0.3) is 0 Å². The standard InChI is InChI=1S/C47H29N5/c1-3-13-30(14-4-1)41-29-42(31-15-5-2-6-16-31)49-46(48-41)52-44-26-24-33(28-45(44)51-43-22-12-11-21-40(43)50-47(51)52)32-23-25-38-36-19-8-7-17-34(36)35-18-9-10-20-37(35)39(38)27-32/h1-29H. The maximum absolute atomic E-state index is 5.21. The lowest BCUT2D eigenvalue weighted by Gasteiger charge is -2.12. The minimum atomic E-state index is 0.576. The van der Waals surface area contributed by atoms with Gasteiger partial charge in [0.15, 0.2) is 0 Å². The first-order chi connectivity index (χ1) is 25.8. The van der Waals surface area contributed by atoms with Gasteiger partial charge in [0, 0.05) is 11.1 Å². The number of hydrogen-bond donors (Lipinski definition) is 0. The summed E-state index contributed by atoms with van der Waals surface area (Å²) in [5, 5.41) is 7.60. The number of nitrogens with zero attached hydrogens (tertiary/aromatic N) is 5. The number of rotatable bonds is 4. The first-order valence-corrected chi connectivity index (χ1v) is 17.5. The smallest absolute Gasteiger partial charge is 0.238 e. The first kappa shape index (κ1) is 28.7. The van der Waals surface area contributed by atoms with E-state index in [-0.39, 0.29) is 0 Å². The van der Waals surface area contributed by atoms with Crippen molar-refractivity contribution >= 4 is 60.2 Å². The van der Waals surface area contributed by atoms with E-state index in [0.29, 0.717) is 5.95 Å². The number of aromatic nitrogens is 5. The van der Waals surface area contributed by atoms with E-state index in [4.69, 9.17) is 15.0 Å². The number of fused-ring (bicyclic) bond motifs is 11. The predicted molar refractivity (Wildman–Crippen MR) is 214 cm³/mol. The molecule has 11 rings (SSSR count). The van der Waals surface area contributed by atoms with Crippen molar-refractivity contribution in [1.82, 2.24) is 23.9 Å². The highest BCUT2D eigenvalue weighted by molar-refractivity contribution is 6.25. The third-order valence-electron chi connectivity index (χ3n) is 10.3. The minimum absolute atomic E-state index is 0.576. The molecule has 242 valence electrons. The summed E-state index contributed by atoms with van der Waals surface area (Å²) < 4.78 is 4.36. The molecule has 3 heterocycles. The van der Waals surface area contributed by atoms with Gasteiger partial charge in [-0.15, -0.1) is 0 Å². The van der Waals surface area contributed by atoms with Crippen LogP contribution in [0, 0.1) is 0 Å². The van der Waals surface area contributed by atoms with Crippen molar-refractivity contribution in [3.8, 4) is 39.6 Å². The van der Waals surface area contributed by atoms with Crippen LogP contribution < -0.4 is 0 Å². The quantitative estimate of drug-likeness (QED) is 0.176.